The summed E-state index contributed by atoms with van der Waals surface area (Å²) >= 11 is 1.08. The van der Waals surface area contributed by atoms with Crippen LogP contribution in [-0.4, -0.2) is 46.8 Å². The van der Waals surface area contributed by atoms with Crippen molar-refractivity contribution in [1.82, 2.24) is 14.1 Å². The summed E-state index contributed by atoms with van der Waals surface area (Å²) in [6, 6.07) is 7.96. The van der Waals surface area contributed by atoms with Crippen molar-refractivity contribution in [2.75, 3.05) is 26.8 Å². The van der Waals surface area contributed by atoms with Crippen molar-refractivity contribution < 1.29 is 14.6 Å². The second-order valence-electron chi connectivity index (χ2n) is 4.52. The van der Waals surface area contributed by atoms with Crippen molar-refractivity contribution in [1.29, 1.82) is 0 Å². The highest BCUT2D eigenvalue weighted by Gasteiger charge is 2.06. The molecule has 6 nitrogen and oxygen atoms in total. The minimum Gasteiger partial charge on any atom is -0.497 e. The predicted molar refractivity (Wildman–Crippen MR) is 81.0 cm³/mol. The van der Waals surface area contributed by atoms with Crippen molar-refractivity contribution in [2.24, 2.45) is 0 Å². The zero-order chi connectivity index (χ0) is 14.9. The molecular formula is C14H19N3O3S. The van der Waals surface area contributed by atoms with Gasteiger partial charge in [-0.25, -0.2) is 0 Å². The van der Waals surface area contributed by atoms with Crippen LogP contribution in [0.2, 0.25) is 0 Å². The fraction of sp³-hybridized carbons (Fsp3) is 0.429. The lowest BCUT2D eigenvalue weighted by Gasteiger charge is -2.12. The van der Waals surface area contributed by atoms with Crippen molar-refractivity contribution in [3.63, 3.8) is 0 Å². The Morgan fingerprint density at radius 2 is 2.33 bits per heavy atom. The van der Waals surface area contributed by atoms with E-state index in [2.05, 4.69) is 20.1 Å². The Morgan fingerprint density at radius 1 is 1.43 bits per heavy atom. The van der Waals surface area contributed by atoms with Gasteiger partial charge in [-0.1, -0.05) is 12.1 Å². The van der Waals surface area contributed by atoms with E-state index >= 15 is 0 Å². The summed E-state index contributed by atoms with van der Waals surface area (Å²) in [6.07, 6.45) is 1.84. The molecule has 1 unspecified atom stereocenters. The van der Waals surface area contributed by atoms with Gasteiger partial charge in [-0.15, -0.1) is 4.37 Å². The normalized spacial score (nSPS) is 12.1. The molecule has 2 aromatic rings. The molecule has 114 valence electrons. The summed E-state index contributed by atoms with van der Waals surface area (Å²) in [4.78, 5) is 0. The van der Waals surface area contributed by atoms with Gasteiger partial charge in [0, 0.05) is 6.54 Å². The number of nitrogens with one attached hydrogen (secondary N) is 1. The number of benzene rings is 1. The minimum absolute atomic E-state index is 0.206. The molecule has 0 aliphatic carbocycles. The van der Waals surface area contributed by atoms with Gasteiger partial charge >= 0.3 is 0 Å². The number of aliphatic hydroxyl groups excluding tert-OH is 1. The van der Waals surface area contributed by atoms with Crippen LogP contribution in [0.3, 0.4) is 0 Å². The van der Waals surface area contributed by atoms with Crippen LogP contribution in [0, 0.1) is 0 Å². The molecule has 2 rings (SSSR count). The van der Waals surface area contributed by atoms with E-state index in [1.165, 1.54) is 11.8 Å². The molecule has 0 radical (unpaired) electrons. The van der Waals surface area contributed by atoms with Gasteiger partial charge < -0.3 is 19.9 Å². The highest BCUT2D eigenvalue weighted by atomic mass is 32.1. The molecule has 1 heterocycles. The second kappa shape index (κ2) is 8.56. The Kier molecular flexibility index (Phi) is 6.39. The van der Waals surface area contributed by atoms with E-state index in [0.29, 0.717) is 12.4 Å². The molecule has 0 bridgehead atoms. The molecule has 0 aliphatic rings. The predicted octanol–water partition coefficient (Wildman–Crippen LogP) is 1.12. The minimum atomic E-state index is -0.572. The molecule has 0 saturated carbocycles. The summed E-state index contributed by atoms with van der Waals surface area (Å²) in [6.45, 7) is 1.46. The van der Waals surface area contributed by atoms with Gasteiger partial charge in [0.05, 0.1) is 18.8 Å². The van der Waals surface area contributed by atoms with Gasteiger partial charge in [0.1, 0.15) is 24.7 Å². The highest BCUT2D eigenvalue weighted by molar-refractivity contribution is 6.99. The van der Waals surface area contributed by atoms with Gasteiger partial charge in [-0.3, -0.25) is 0 Å². The highest BCUT2D eigenvalue weighted by Crippen LogP contribution is 2.12. The Bertz CT molecular complexity index is 522. The third kappa shape index (κ3) is 5.66. The Hall–Kier alpha value is -1.70. The van der Waals surface area contributed by atoms with E-state index in [1.807, 2.05) is 18.2 Å². The maximum absolute atomic E-state index is 9.78. The molecule has 2 N–H and O–H groups in total. The summed E-state index contributed by atoms with van der Waals surface area (Å²) in [5.41, 5.74) is 1.20. The van der Waals surface area contributed by atoms with Crippen LogP contribution < -0.4 is 14.8 Å². The number of rotatable bonds is 9. The van der Waals surface area contributed by atoms with Crippen LogP contribution >= 0.6 is 11.7 Å². The van der Waals surface area contributed by atoms with E-state index < -0.39 is 6.10 Å². The van der Waals surface area contributed by atoms with Gasteiger partial charge in [0.25, 0.3) is 0 Å². The Balaban J connectivity index is 1.60. The first-order chi connectivity index (χ1) is 10.3. The zero-order valence-corrected chi connectivity index (χ0v) is 12.7. The monoisotopic (exact) mass is 309 g/mol. The van der Waals surface area contributed by atoms with Crippen LogP contribution in [0.4, 0.5) is 0 Å². The van der Waals surface area contributed by atoms with Gasteiger partial charge in [0.2, 0.25) is 5.88 Å². The molecule has 0 spiro atoms. The number of hydrogen-bond donors (Lipinski definition) is 2. The molecule has 0 saturated heterocycles. The van der Waals surface area contributed by atoms with Crippen LogP contribution in [-0.2, 0) is 6.42 Å². The topological polar surface area (TPSA) is 76.5 Å². The maximum atomic E-state index is 9.78. The third-order valence-electron chi connectivity index (χ3n) is 2.87. The van der Waals surface area contributed by atoms with Crippen LogP contribution in [0.1, 0.15) is 5.56 Å². The number of aromatic nitrogens is 2. The summed E-state index contributed by atoms with van der Waals surface area (Å²) in [7, 11) is 1.66. The fourth-order valence-corrected chi connectivity index (χ4v) is 2.15. The number of methoxy groups -OCH3 is 1. The zero-order valence-electron chi connectivity index (χ0n) is 11.9. The van der Waals surface area contributed by atoms with Crippen LogP contribution in [0.25, 0.3) is 0 Å². The van der Waals surface area contributed by atoms with Crippen molar-refractivity contribution in [3.05, 3.63) is 36.0 Å². The van der Waals surface area contributed by atoms with Crippen molar-refractivity contribution >= 4 is 11.7 Å². The van der Waals surface area contributed by atoms with Crippen molar-refractivity contribution in [3.8, 4) is 11.6 Å². The summed E-state index contributed by atoms with van der Waals surface area (Å²) in [5.74, 6) is 1.31. The molecule has 21 heavy (non-hydrogen) atoms. The molecule has 1 atom stereocenters. The number of nitrogens with zero attached hydrogens (tertiary/aromatic N) is 2. The number of hydrogen-bond acceptors (Lipinski definition) is 7. The van der Waals surface area contributed by atoms with Crippen molar-refractivity contribution in [2.45, 2.75) is 12.5 Å². The van der Waals surface area contributed by atoms with E-state index in [9.17, 15) is 5.11 Å². The smallest absolute Gasteiger partial charge is 0.245 e. The maximum Gasteiger partial charge on any atom is 0.245 e. The van der Waals surface area contributed by atoms with Crippen LogP contribution in [0.15, 0.2) is 30.5 Å². The largest absolute Gasteiger partial charge is 0.497 e. The van der Waals surface area contributed by atoms with E-state index in [-0.39, 0.29) is 6.61 Å². The third-order valence-corrected chi connectivity index (χ3v) is 3.33. The quantitative estimate of drug-likeness (QED) is 0.676. The average Bonchev–Trinajstić information content (AvgIpc) is 3.03. The van der Waals surface area contributed by atoms with E-state index in [1.54, 1.807) is 7.11 Å². The molecule has 1 aromatic carbocycles. The molecule has 0 fully saturated rings. The van der Waals surface area contributed by atoms with Gasteiger partial charge in [0.15, 0.2) is 0 Å². The average molecular weight is 309 g/mol. The lowest BCUT2D eigenvalue weighted by molar-refractivity contribution is 0.104. The first-order valence-corrected chi connectivity index (χ1v) is 7.43. The van der Waals surface area contributed by atoms with E-state index in [4.69, 9.17) is 9.47 Å². The van der Waals surface area contributed by atoms with Gasteiger partial charge in [-0.05, 0) is 30.7 Å². The van der Waals surface area contributed by atoms with Gasteiger partial charge in [-0.2, -0.15) is 4.37 Å². The first-order valence-electron chi connectivity index (χ1n) is 6.70. The Morgan fingerprint density at radius 3 is 3.10 bits per heavy atom. The summed E-state index contributed by atoms with van der Waals surface area (Å²) in [5, 5.41) is 13.0. The second-order valence-corrected chi connectivity index (χ2v) is 5.07. The lowest BCUT2D eigenvalue weighted by atomic mass is 10.1. The molecular weight excluding hydrogens is 290 g/mol. The lowest BCUT2D eigenvalue weighted by Crippen LogP contribution is -2.32. The molecule has 0 aliphatic heterocycles. The SMILES string of the molecule is COc1cccc(CCNCC(O)COc2cnsn2)c1. The molecule has 0 amide bonds. The Labute approximate surface area is 128 Å². The fourth-order valence-electron chi connectivity index (χ4n) is 1.79. The number of aliphatic hydroxyl groups is 1. The van der Waals surface area contributed by atoms with E-state index in [0.717, 1.165) is 30.4 Å². The standard InChI is InChI=1S/C14H19N3O3S/c1-19-13-4-2-3-11(7-13)5-6-15-8-12(18)10-20-14-9-16-21-17-14/h2-4,7,9,12,15,18H,5-6,8,10H2,1H3. The summed E-state index contributed by atoms with van der Waals surface area (Å²) < 4.78 is 18.2. The molecule has 1 aromatic heterocycles. The molecule has 7 heteroatoms. The first kappa shape index (κ1) is 15.7. The van der Waals surface area contributed by atoms with Crippen LogP contribution in [0.5, 0.6) is 11.6 Å². The number of ether oxygens (including phenoxy) is 2.